The summed E-state index contributed by atoms with van der Waals surface area (Å²) in [5.74, 6) is -0.358. The number of carbonyl (C=O) groups excluding carboxylic acids is 1. The van der Waals surface area contributed by atoms with Gasteiger partial charge in [-0.3, -0.25) is 4.79 Å². The first-order chi connectivity index (χ1) is 7.36. The third-order valence-electron chi connectivity index (χ3n) is 2.54. The predicted molar refractivity (Wildman–Crippen MR) is 66.4 cm³/mol. The van der Waals surface area contributed by atoms with E-state index in [0.29, 0.717) is 5.56 Å². The fourth-order valence-electron chi connectivity index (χ4n) is 1.76. The molecule has 0 bridgehead atoms. The summed E-state index contributed by atoms with van der Waals surface area (Å²) < 4.78 is 0. The topological polar surface area (TPSA) is 55.1 Å². The van der Waals surface area contributed by atoms with E-state index in [1.165, 1.54) is 0 Å². The van der Waals surface area contributed by atoms with Crippen molar-refractivity contribution >= 4 is 5.91 Å². The van der Waals surface area contributed by atoms with E-state index in [2.05, 4.69) is 26.1 Å². The molecule has 0 unspecified atom stereocenters. The third kappa shape index (κ3) is 2.83. The highest BCUT2D eigenvalue weighted by Gasteiger charge is 2.20. The fraction of sp³-hybridized carbons (Fsp3) is 0.462. The van der Waals surface area contributed by atoms with Crippen LogP contribution in [0.2, 0.25) is 0 Å². The third-order valence-corrected chi connectivity index (χ3v) is 2.54. The van der Waals surface area contributed by atoms with Gasteiger partial charge in [-0.1, -0.05) is 32.9 Å². The van der Waals surface area contributed by atoms with Crippen molar-refractivity contribution in [1.29, 1.82) is 0 Å². The van der Waals surface area contributed by atoms with Crippen LogP contribution in [0.3, 0.4) is 0 Å². The highest BCUT2D eigenvalue weighted by molar-refractivity contribution is 5.94. The molecule has 16 heavy (non-hydrogen) atoms. The van der Waals surface area contributed by atoms with Crippen molar-refractivity contribution in [2.75, 3.05) is 7.05 Å². The minimum atomic E-state index is -0.358. The van der Waals surface area contributed by atoms with E-state index in [9.17, 15) is 4.79 Å². The van der Waals surface area contributed by atoms with E-state index in [4.69, 9.17) is 5.73 Å². The molecule has 88 valence electrons. The highest BCUT2D eigenvalue weighted by atomic mass is 16.1. The number of rotatable bonds is 3. The van der Waals surface area contributed by atoms with E-state index in [1.54, 1.807) is 0 Å². The molecular formula is C13H20N2O. The lowest BCUT2D eigenvalue weighted by Gasteiger charge is -2.22. The maximum absolute atomic E-state index is 11.4. The lowest BCUT2D eigenvalue weighted by Crippen LogP contribution is -2.22. The molecular weight excluding hydrogens is 200 g/mol. The van der Waals surface area contributed by atoms with Crippen LogP contribution >= 0.6 is 0 Å². The SMILES string of the molecule is CNCc1ccc(C(C)(C)C)c(C(N)=O)c1. The average molecular weight is 220 g/mol. The Morgan fingerprint density at radius 1 is 1.38 bits per heavy atom. The first-order valence-corrected chi connectivity index (χ1v) is 5.44. The summed E-state index contributed by atoms with van der Waals surface area (Å²) in [6.45, 7) is 6.97. The maximum Gasteiger partial charge on any atom is 0.249 e. The van der Waals surface area contributed by atoms with Crippen LogP contribution in [0.5, 0.6) is 0 Å². The number of primary amides is 1. The van der Waals surface area contributed by atoms with Gasteiger partial charge in [0.15, 0.2) is 0 Å². The molecule has 1 rings (SSSR count). The Bertz CT molecular complexity index is 391. The van der Waals surface area contributed by atoms with Crippen LogP contribution in [0.25, 0.3) is 0 Å². The lowest BCUT2D eigenvalue weighted by molar-refractivity contribution is 0.0998. The van der Waals surface area contributed by atoms with E-state index in [0.717, 1.165) is 17.7 Å². The minimum absolute atomic E-state index is 0.0669. The van der Waals surface area contributed by atoms with Gasteiger partial charge >= 0.3 is 0 Å². The predicted octanol–water partition coefficient (Wildman–Crippen LogP) is 1.80. The molecule has 3 N–H and O–H groups in total. The Balaban J connectivity index is 3.25. The van der Waals surface area contributed by atoms with Gasteiger partial charge in [0.05, 0.1) is 0 Å². The Morgan fingerprint density at radius 3 is 2.44 bits per heavy atom. The van der Waals surface area contributed by atoms with Crippen molar-refractivity contribution in [3.05, 3.63) is 34.9 Å². The summed E-state index contributed by atoms with van der Waals surface area (Å²) >= 11 is 0. The second kappa shape index (κ2) is 4.66. The quantitative estimate of drug-likeness (QED) is 0.816. The van der Waals surface area contributed by atoms with Crippen molar-refractivity contribution in [1.82, 2.24) is 5.32 Å². The molecule has 0 radical (unpaired) electrons. The van der Waals surface area contributed by atoms with Crippen LogP contribution in [0, 0.1) is 0 Å². The largest absolute Gasteiger partial charge is 0.366 e. The van der Waals surface area contributed by atoms with Crippen LogP contribution in [-0.2, 0) is 12.0 Å². The molecule has 0 heterocycles. The summed E-state index contributed by atoms with van der Waals surface area (Å²) in [6, 6.07) is 5.90. The van der Waals surface area contributed by atoms with Gasteiger partial charge < -0.3 is 11.1 Å². The maximum atomic E-state index is 11.4. The van der Waals surface area contributed by atoms with Crippen LogP contribution in [0.15, 0.2) is 18.2 Å². The van der Waals surface area contributed by atoms with Crippen molar-refractivity contribution in [3.63, 3.8) is 0 Å². The summed E-state index contributed by atoms with van der Waals surface area (Å²) in [7, 11) is 1.88. The molecule has 0 aliphatic rings. The van der Waals surface area contributed by atoms with Crippen LogP contribution in [0.4, 0.5) is 0 Å². The zero-order valence-corrected chi connectivity index (χ0v) is 10.4. The molecule has 0 fully saturated rings. The Kier molecular flexibility index (Phi) is 3.70. The molecule has 3 nitrogen and oxygen atoms in total. The molecule has 0 aliphatic carbocycles. The van der Waals surface area contributed by atoms with Crippen molar-refractivity contribution in [2.45, 2.75) is 32.7 Å². The van der Waals surface area contributed by atoms with Gasteiger partial charge in [0, 0.05) is 12.1 Å². The second-order valence-corrected chi connectivity index (χ2v) is 5.02. The summed E-state index contributed by atoms with van der Waals surface area (Å²) in [5.41, 5.74) is 8.05. The standard InChI is InChI=1S/C13H20N2O/c1-13(2,3)11-6-5-9(8-15-4)7-10(11)12(14)16/h5-7,15H,8H2,1-4H3,(H2,14,16). The molecule has 1 aromatic rings. The number of benzene rings is 1. The van der Waals surface area contributed by atoms with Gasteiger partial charge in [-0.05, 0) is 29.7 Å². The second-order valence-electron chi connectivity index (χ2n) is 5.02. The average Bonchev–Trinajstić information content (AvgIpc) is 2.16. The van der Waals surface area contributed by atoms with E-state index in [-0.39, 0.29) is 11.3 Å². The number of amides is 1. The number of hydrogen-bond acceptors (Lipinski definition) is 2. The molecule has 0 aliphatic heterocycles. The smallest absolute Gasteiger partial charge is 0.249 e. The van der Waals surface area contributed by atoms with Gasteiger partial charge in [0.2, 0.25) is 5.91 Å². The van der Waals surface area contributed by atoms with Crippen molar-refractivity contribution in [3.8, 4) is 0 Å². The Labute approximate surface area is 97.0 Å². The number of nitrogens with one attached hydrogen (secondary N) is 1. The molecule has 1 amide bonds. The molecule has 0 spiro atoms. The number of hydrogen-bond donors (Lipinski definition) is 2. The van der Waals surface area contributed by atoms with E-state index >= 15 is 0 Å². The van der Waals surface area contributed by atoms with Crippen LogP contribution in [0.1, 0.15) is 42.3 Å². The first-order valence-electron chi connectivity index (χ1n) is 5.44. The molecule has 3 heteroatoms. The summed E-state index contributed by atoms with van der Waals surface area (Å²) in [5, 5.41) is 3.06. The summed E-state index contributed by atoms with van der Waals surface area (Å²) in [4.78, 5) is 11.4. The molecule has 0 saturated carbocycles. The van der Waals surface area contributed by atoms with Crippen LogP contribution < -0.4 is 11.1 Å². The monoisotopic (exact) mass is 220 g/mol. The normalized spacial score (nSPS) is 11.5. The fourth-order valence-corrected chi connectivity index (χ4v) is 1.76. The van der Waals surface area contributed by atoms with Gasteiger partial charge in [-0.15, -0.1) is 0 Å². The number of carbonyl (C=O) groups is 1. The molecule has 1 aromatic carbocycles. The van der Waals surface area contributed by atoms with Crippen LogP contribution in [-0.4, -0.2) is 13.0 Å². The Morgan fingerprint density at radius 2 is 2.00 bits per heavy atom. The first kappa shape index (κ1) is 12.7. The minimum Gasteiger partial charge on any atom is -0.366 e. The zero-order valence-electron chi connectivity index (χ0n) is 10.4. The van der Waals surface area contributed by atoms with Gasteiger partial charge in [-0.2, -0.15) is 0 Å². The lowest BCUT2D eigenvalue weighted by atomic mass is 9.83. The zero-order chi connectivity index (χ0) is 12.3. The van der Waals surface area contributed by atoms with Gasteiger partial charge in [0.25, 0.3) is 0 Å². The number of nitrogens with two attached hydrogens (primary N) is 1. The molecule has 0 saturated heterocycles. The summed E-state index contributed by atoms with van der Waals surface area (Å²) in [6.07, 6.45) is 0. The molecule has 0 atom stereocenters. The van der Waals surface area contributed by atoms with Gasteiger partial charge in [-0.25, -0.2) is 0 Å². The van der Waals surface area contributed by atoms with E-state index < -0.39 is 0 Å². The Hall–Kier alpha value is -1.35. The highest BCUT2D eigenvalue weighted by Crippen LogP contribution is 2.26. The molecule has 0 aromatic heterocycles. The van der Waals surface area contributed by atoms with Gasteiger partial charge in [0.1, 0.15) is 0 Å². The van der Waals surface area contributed by atoms with E-state index in [1.807, 2.05) is 25.2 Å². The van der Waals surface area contributed by atoms with Crippen molar-refractivity contribution < 1.29 is 4.79 Å². The van der Waals surface area contributed by atoms with Crippen molar-refractivity contribution in [2.24, 2.45) is 5.73 Å².